The summed E-state index contributed by atoms with van der Waals surface area (Å²) >= 11 is 0. The molecule has 0 saturated carbocycles. The van der Waals surface area contributed by atoms with Crippen LogP contribution in [0.3, 0.4) is 0 Å². The first-order valence-electron chi connectivity index (χ1n) is 5.75. The van der Waals surface area contributed by atoms with Crippen LogP contribution >= 0.6 is 0 Å². The largest absolute Gasteiger partial charge is 0.260 e. The normalized spacial score (nSPS) is 11.5. The highest BCUT2D eigenvalue weighted by Gasteiger charge is 2.00. The molecule has 0 saturated heterocycles. The Morgan fingerprint density at radius 3 is 3.00 bits per heavy atom. The second-order valence-electron chi connectivity index (χ2n) is 4.33. The minimum atomic E-state index is 0.610. The zero-order valence-electron chi connectivity index (χ0n) is 10.1. The Labute approximate surface area is 101 Å². The van der Waals surface area contributed by atoms with E-state index in [1.165, 1.54) is 0 Å². The maximum absolute atomic E-state index is 4.15. The molecule has 1 aromatic carbocycles. The van der Waals surface area contributed by atoms with E-state index in [2.05, 4.69) is 34.6 Å². The van der Waals surface area contributed by atoms with Crippen LogP contribution in [-0.4, -0.2) is 16.4 Å². The Morgan fingerprint density at radius 1 is 1.35 bits per heavy atom. The standard InChI is InChI=1S/C13H16N4/c1-10(2)7-8-14-16-13-12-6-4-3-5-11(12)9-15-17-13/h3-6,8-10H,7H2,1-2H3,(H,16,17)/b14-8+. The van der Waals surface area contributed by atoms with Gasteiger partial charge in [-0.25, -0.2) is 0 Å². The second kappa shape index (κ2) is 5.39. The first-order valence-corrected chi connectivity index (χ1v) is 5.75. The number of nitrogens with zero attached hydrogens (tertiary/aromatic N) is 3. The lowest BCUT2D eigenvalue weighted by Gasteiger charge is -2.03. The van der Waals surface area contributed by atoms with Gasteiger partial charge in [0.05, 0.1) is 6.20 Å². The van der Waals surface area contributed by atoms with Gasteiger partial charge in [-0.1, -0.05) is 38.1 Å². The van der Waals surface area contributed by atoms with E-state index in [9.17, 15) is 0 Å². The fourth-order valence-corrected chi connectivity index (χ4v) is 1.48. The molecular weight excluding hydrogens is 212 g/mol. The van der Waals surface area contributed by atoms with Crippen LogP contribution < -0.4 is 5.43 Å². The zero-order chi connectivity index (χ0) is 12.1. The van der Waals surface area contributed by atoms with Gasteiger partial charge in [-0.15, -0.1) is 5.10 Å². The Bertz CT molecular complexity index is 514. The highest BCUT2D eigenvalue weighted by atomic mass is 15.3. The van der Waals surface area contributed by atoms with E-state index in [1.807, 2.05) is 30.5 Å². The van der Waals surface area contributed by atoms with Crippen molar-refractivity contribution >= 4 is 22.8 Å². The number of hydrogen-bond acceptors (Lipinski definition) is 4. The predicted octanol–water partition coefficient (Wildman–Crippen LogP) is 3.07. The minimum Gasteiger partial charge on any atom is -0.260 e. The van der Waals surface area contributed by atoms with Crippen LogP contribution in [0, 0.1) is 5.92 Å². The van der Waals surface area contributed by atoms with Gasteiger partial charge in [0.1, 0.15) is 0 Å². The van der Waals surface area contributed by atoms with Gasteiger partial charge in [-0.2, -0.15) is 10.2 Å². The number of hydrazone groups is 1. The molecule has 0 fully saturated rings. The molecule has 0 bridgehead atoms. The number of fused-ring (bicyclic) bond motifs is 1. The molecule has 88 valence electrons. The van der Waals surface area contributed by atoms with Crippen molar-refractivity contribution in [1.29, 1.82) is 0 Å². The monoisotopic (exact) mass is 228 g/mol. The molecule has 1 N–H and O–H groups in total. The Hall–Kier alpha value is -1.97. The van der Waals surface area contributed by atoms with E-state index in [0.29, 0.717) is 11.7 Å². The molecule has 0 amide bonds. The van der Waals surface area contributed by atoms with Gasteiger partial charge in [-0.3, -0.25) is 5.43 Å². The van der Waals surface area contributed by atoms with Crippen molar-refractivity contribution in [2.45, 2.75) is 20.3 Å². The summed E-state index contributed by atoms with van der Waals surface area (Å²) in [7, 11) is 0. The Balaban J connectivity index is 2.16. The summed E-state index contributed by atoms with van der Waals surface area (Å²) in [5, 5.41) is 14.2. The van der Waals surface area contributed by atoms with Crippen LogP contribution in [0.25, 0.3) is 10.8 Å². The summed E-state index contributed by atoms with van der Waals surface area (Å²) in [5.41, 5.74) is 2.94. The first-order chi connectivity index (χ1) is 8.27. The summed E-state index contributed by atoms with van der Waals surface area (Å²) in [5.74, 6) is 1.31. The van der Waals surface area contributed by atoms with Gasteiger partial charge in [0, 0.05) is 17.0 Å². The SMILES string of the molecule is CC(C)C/C=N/Nc1nncc2ccccc12. The van der Waals surface area contributed by atoms with Crippen LogP contribution in [0.2, 0.25) is 0 Å². The van der Waals surface area contributed by atoms with Gasteiger partial charge >= 0.3 is 0 Å². The quantitative estimate of drug-likeness (QED) is 0.646. The molecule has 1 aromatic heterocycles. The summed E-state index contributed by atoms with van der Waals surface area (Å²) in [6.45, 7) is 4.31. The topological polar surface area (TPSA) is 50.2 Å². The molecule has 0 atom stereocenters. The molecule has 4 nitrogen and oxygen atoms in total. The summed E-state index contributed by atoms with van der Waals surface area (Å²) < 4.78 is 0. The maximum atomic E-state index is 4.15. The maximum Gasteiger partial charge on any atom is 0.176 e. The van der Waals surface area contributed by atoms with Gasteiger partial charge in [-0.05, 0) is 12.3 Å². The Morgan fingerprint density at radius 2 is 2.18 bits per heavy atom. The molecule has 0 aliphatic heterocycles. The third kappa shape index (κ3) is 3.00. The molecule has 0 aliphatic carbocycles. The lowest BCUT2D eigenvalue weighted by molar-refractivity contribution is 0.690. The summed E-state index contributed by atoms with van der Waals surface area (Å²) in [4.78, 5) is 0. The fraction of sp³-hybridized carbons (Fsp3) is 0.308. The molecular formula is C13H16N4. The van der Waals surface area contributed by atoms with Crippen LogP contribution in [0.4, 0.5) is 5.82 Å². The van der Waals surface area contributed by atoms with E-state index in [1.54, 1.807) is 6.20 Å². The molecule has 2 aromatic rings. The van der Waals surface area contributed by atoms with Crippen LogP contribution in [-0.2, 0) is 0 Å². The lowest BCUT2D eigenvalue weighted by Crippen LogP contribution is -1.97. The highest BCUT2D eigenvalue weighted by molar-refractivity contribution is 5.90. The van der Waals surface area contributed by atoms with Gasteiger partial charge < -0.3 is 0 Å². The van der Waals surface area contributed by atoms with Crippen molar-refractivity contribution in [3.05, 3.63) is 30.5 Å². The van der Waals surface area contributed by atoms with Crippen molar-refractivity contribution in [3.63, 3.8) is 0 Å². The molecule has 4 heteroatoms. The molecule has 1 heterocycles. The number of benzene rings is 1. The van der Waals surface area contributed by atoms with E-state index >= 15 is 0 Å². The van der Waals surface area contributed by atoms with E-state index < -0.39 is 0 Å². The van der Waals surface area contributed by atoms with Gasteiger partial charge in [0.15, 0.2) is 5.82 Å². The first kappa shape index (κ1) is 11.5. The second-order valence-corrected chi connectivity index (χ2v) is 4.33. The lowest BCUT2D eigenvalue weighted by atomic mass is 10.2. The van der Waals surface area contributed by atoms with Crippen molar-refractivity contribution in [2.24, 2.45) is 11.0 Å². The average molecular weight is 228 g/mol. The third-order valence-corrected chi connectivity index (χ3v) is 2.41. The highest BCUT2D eigenvalue weighted by Crippen LogP contribution is 2.18. The van der Waals surface area contributed by atoms with Crippen molar-refractivity contribution in [1.82, 2.24) is 10.2 Å². The van der Waals surface area contributed by atoms with Crippen LogP contribution in [0.5, 0.6) is 0 Å². The average Bonchev–Trinajstić information content (AvgIpc) is 2.34. The molecule has 0 unspecified atom stereocenters. The minimum absolute atomic E-state index is 0.610. The fourth-order valence-electron chi connectivity index (χ4n) is 1.48. The van der Waals surface area contributed by atoms with E-state index in [0.717, 1.165) is 17.2 Å². The van der Waals surface area contributed by atoms with Crippen molar-refractivity contribution < 1.29 is 0 Å². The summed E-state index contributed by atoms with van der Waals surface area (Å²) in [6.07, 6.45) is 4.57. The molecule has 0 spiro atoms. The van der Waals surface area contributed by atoms with E-state index in [4.69, 9.17) is 0 Å². The molecule has 2 rings (SSSR count). The van der Waals surface area contributed by atoms with Gasteiger partial charge in [0.25, 0.3) is 0 Å². The number of hydrogen-bond donors (Lipinski definition) is 1. The third-order valence-electron chi connectivity index (χ3n) is 2.41. The molecule has 0 radical (unpaired) electrons. The van der Waals surface area contributed by atoms with Crippen LogP contribution in [0.1, 0.15) is 20.3 Å². The molecule has 17 heavy (non-hydrogen) atoms. The smallest absolute Gasteiger partial charge is 0.176 e. The van der Waals surface area contributed by atoms with Crippen molar-refractivity contribution in [3.8, 4) is 0 Å². The number of aromatic nitrogens is 2. The van der Waals surface area contributed by atoms with E-state index in [-0.39, 0.29) is 0 Å². The number of anilines is 1. The predicted molar refractivity (Wildman–Crippen MR) is 71.1 cm³/mol. The Kier molecular flexibility index (Phi) is 3.65. The molecule has 0 aliphatic rings. The number of nitrogens with one attached hydrogen (secondary N) is 1. The van der Waals surface area contributed by atoms with Crippen molar-refractivity contribution in [2.75, 3.05) is 5.43 Å². The van der Waals surface area contributed by atoms with Crippen LogP contribution in [0.15, 0.2) is 35.6 Å². The number of rotatable bonds is 4. The summed E-state index contributed by atoms with van der Waals surface area (Å²) in [6, 6.07) is 7.97. The van der Waals surface area contributed by atoms with Gasteiger partial charge in [0.2, 0.25) is 0 Å². The zero-order valence-corrected chi connectivity index (χ0v) is 10.1.